The Morgan fingerprint density at radius 2 is 2.40 bits per heavy atom. The highest BCUT2D eigenvalue weighted by Gasteiger charge is 2.31. The van der Waals surface area contributed by atoms with Crippen LogP contribution in [-0.2, 0) is 0 Å². The molecule has 1 atom stereocenters. The molecule has 1 fully saturated rings. The molecule has 0 aliphatic carbocycles. The highest BCUT2D eigenvalue weighted by atomic mass is 35.5. The van der Waals surface area contributed by atoms with Crippen LogP contribution in [0.15, 0.2) is 29.3 Å². The third kappa shape index (κ3) is 1.74. The van der Waals surface area contributed by atoms with Gasteiger partial charge in [0.1, 0.15) is 0 Å². The van der Waals surface area contributed by atoms with Gasteiger partial charge in [-0.2, -0.15) is 0 Å². The Kier molecular flexibility index (Phi) is 2.37. The van der Waals surface area contributed by atoms with E-state index >= 15 is 0 Å². The lowest BCUT2D eigenvalue weighted by atomic mass is 10.1. The molecule has 2 nitrogen and oxygen atoms in total. The largest absolute Gasteiger partial charge is 0.348 e. The number of aliphatic imine (C=N–C) groups is 1. The van der Waals surface area contributed by atoms with Crippen molar-refractivity contribution in [2.45, 2.75) is 5.25 Å². The Morgan fingerprint density at radius 3 is 3.20 bits per heavy atom. The van der Waals surface area contributed by atoms with Gasteiger partial charge in [-0.1, -0.05) is 35.5 Å². The third-order valence-electron chi connectivity index (χ3n) is 2.74. The number of rotatable bonds is 1. The molecule has 0 N–H and O–H groups in total. The molecule has 1 aromatic rings. The van der Waals surface area contributed by atoms with Gasteiger partial charge in [-0.05, 0) is 17.7 Å². The maximum atomic E-state index is 5.99. The molecule has 3 rings (SSSR count). The minimum Gasteiger partial charge on any atom is -0.348 e. The number of hydrogen-bond donors (Lipinski definition) is 0. The van der Waals surface area contributed by atoms with Gasteiger partial charge in [0.25, 0.3) is 0 Å². The molecule has 2 aliphatic heterocycles. The average molecular weight is 239 g/mol. The number of benzene rings is 1. The molecule has 1 saturated heterocycles. The highest BCUT2D eigenvalue weighted by molar-refractivity contribution is 8.14. The second-order valence-electron chi connectivity index (χ2n) is 3.77. The standard InChI is InChI=1S/C11H11ClN2S/c12-9-3-1-2-8(6-9)10-7-14-5-4-13-11(14)15-10/h1-3,6,10H,4-5,7H2. The Bertz CT molecular complexity index is 419. The number of halogens is 1. The lowest BCUT2D eigenvalue weighted by Crippen LogP contribution is -2.21. The molecule has 2 heterocycles. The Balaban J connectivity index is 1.85. The molecule has 0 spiro atoms. The monoisotopic (exact) mass is 238 g/mol. The Morgan fingerprint density at radius 1 is 1.47 bits per heavy atom. The first-order valence-corrected chi connectivity index (χ1v) is 6.30. The molecule has 0 saturated carbocycles. The number of hydrogen-bond acceptors (Lipinski definition) is 3. The first kappa shape index (κ1) is 9.55. The molecule has 78 valence electrons. The minimum atomic E-state index is 0.503. The summed E-state index contributed by atoms with van der Waals surface area (Å²) in [5, 5.41) is 2.53. The molecular formula is C11H11ClN2S. The van der Waals surface area contributed by atoms with E-state index in [9.17, 15) is 0 Å². The van der Waals surface area contributed by atoms with Crippen LogP contribution in [0.4, 0.5) is 0 Å². The van der Waals surface area contributed by atoms with Crippen molar-refractivity contribution in [3.63, 3.8) is 0 Å². The lowest BCUT2D eigenvalue weighted by Gasteiger charge is -2.11. The smallest absolute Gasteiger partial charge is 0.160 e. The molecule has 2 aliphatic rings. The summed E-state index contributed by atoms with van der Waals surface area (Å²) in [6.07, 6.45) is 0. The summed E-state index contributed by atoms with van der Waals surface area (Å²) in [5.41, 5.74) is 1.31. The van der Waals surface area contributed by atoms with E-state index in [1.54, 1.807) is 0 Å². The van der Waals surface area contributed by atoms with Gasteiger partial charge in [0.2, 0.25) is 0 Å². The lowest BCUT2D eigenvalue weighted by molar-refractivity contribution is 0.476. The second-order valence-corrected chi connectivity index (χ2v) is 5.38. The normalized spacial score (nSPS) is 24.2. The summed E-state index contributed by atoms with van der Waals surface area (Å²) < 4.78 is 0. The van der Waals surface area contributed by atoms with Crippen LogP contribution in [0.25, 0.3) is 0 Å². The van der Waals surface area contributed by atoms with Crippen molar-refractivity contribution in [1.82, 2.24) is 4.90 Å². The summed E-state index contributed by atoms with van der Waals surface area (Å²) in [5.74, 6) is 0. The molecule has 15 heavy (non-hydrogen) atoms. The highest BCUT2D eigenvalue weighted by Crippen LogP contribution is 2.39. The van der Waals surface area contributed by atoms with Crippen LogP contribution >= 0.6 is 23.4 Å². The molecule has 1 aromatic carbocycles. The maximum absolute atomic E-state index is 5.99. The molecule has 0 amide bonds. The van der Waals surface area contributed by atoms with Crippen LogP contribution in [0, 0.1) is 0 Å². The molecular weight excluding hydrogens is 228 g/mol. The van der Waals surface area contributed by atoms with Crippen molar-refractivity contribution in [2.75, 3.05) is 19.6 Å². The van der Waals surface area contributed by atoms with Crippen LogP contribution in [0.2, 0.25) is 5.02 Å². The van der Waals surface area contributed by atoms with E-state index in [-0.39, 0.29) is 0 Å². The predicted molar refractivity (Wildman–Crippen MR) is 65.7 cm³/mol. The molecule has 1 unspecified atom stereocenters. The number of thioether (sulfide) groups is 1. The van der Waals surface area contributed by atoms with E-state index in [4.69, 9.17) is 11.6 Å². The summed E-state index contributed by atoms with van der Waals surface area (Å²) in [4.78, 5) is 6.83. The molecule has 0 radical (unpaired) electrons. The van der Waals surface area contributed by atoms with Gasteiger partial charge in [-0.15, -0.1) is 0 Å². The van der Waals surface area contributed by atoms with Crippen molar-refractivity contribution in [1.29, 1.82) is 0 Å². The van der Waals surface area contributed by atoms with Crippen LogP contribution in [-0.4, -0.2) is 29.7 Å². The molecule has 4 heteroatoms. The van der Waals surface area contributed by atoms with Gasteiger partial charge in [-0.25, -0.2) is 0 Å². The maximum Gasteiger partial charge on any atom is 0.160 e. The van der Waals surface area contributed by atoms with Gasteiger partial charge < -0.3 is 4.90 Å². The van der Waals surface area contributed by atoms with Gasteiger partial charge in [-0.3, -0.25) is 4.99 Å². The fourth-order valence-corrected chi connectivity index (χ4v) is 3.46. The minimum absolute atomic E-state index is 0.503. The number of nitrogens with zero attached hydrogens (tertiary/aromatic N) is 2. The fraction of sp³-hybridized carbons (Fsp3) is 0.364. The quantitative estimate of drug-likeness (QED) is 0.748. The first-order chi connectivity index (χ1) is 7.33. The number of amidine groups is 1. The van der Waals surface area contributed by atoms with Gasteiger partial charge >= 0.3 is 0 Å². The van der Waals surface area contributed by atoms with E-state index in [1.165, 1.54) is 10.7 Å². The van der Waals surface area contributed by atoms with Crippen molar-refractivity contribution in [3.8, 4) is 0 Å². The van der Waals surface area contributed by atoms with Gasteiger partial charge in [0.15, 0.2) is 5.17 Å². The van der Waals surface area contributed by atoms with Gasteiger partial charge in [0.05, 0.1) is 11.8 Å². The van der Waals surface area contributed by atoms with Crippen LogP contribution in [0.1, 0.15) is 10.8 Å². The average Bonchev–Trinajstić information content (AvgIpc) is 2.76. The zero-order valence-corrected chi connectivity index (χ0v) is 9.76. The van der Waals surface area contributed by atoms with E-state index in [1.807, 2.05) is 23.9 Å². The van der Waals surface area contributed by atoms with Gasteiger partial charge in [0, 0.05) is 18.1 Å². The SMILES string of the molecule is Clc1cccc(C2CN3CCN=C3S2)c1. The van der Waals surface area contributed by atoms with Crippen molar-refractivity contribution < 1.29 is 0 Å². The topological polar surface area (TPSA) is 15.6 Å². The molecule has 0 bridgehead atoms. The van der Waals surface area contributed by atoms with E-state index < -0.39 is 0 Å². The van der Waals surface area contributed by atoms with Crippen LogP contribution in [0.3, 0.4) is 0 Å². The first-order valence-electron chi connectivity index (χ1n) is 5.04. The third-order valence-corrected chi connectivity index (χ3v) is 4.28. The van der Waals surface area contributed by atoms with Crippen molar-refractivity contribution >= 4 is 28.5 Å². The van der Waals surface area contributed by atoms with Crippen molar-refractivity contribution in [3.05, 3.63) is 34.9 Å². The zero-order chi connectivity index (χ0) is 10.3. The molecule has 0 aromatic heterocycles. The van der Waals surface area contributed by atoms with Crippen molar-refractivity contribution in [2.24, 2.45) is 4.99 Å². The summed E-state index contributed by atoms with van der Waals surface area (Å²) in [7, 11) is 0. The summed E-state index contributed by atoms with van der Waals surface area (Å²) in [6.45, 7) is 3.12. The fourth-order valence-electron chi connectivity index (χ4n) is 1.99. The summed E-state index contributed by atoms with van der Waals surface area (Å²) >= 11 is 7.85. The van der Waals surface area contributed by atoms with E-state index in [0.29, 0.717) is 5.25 Å². The van der Waals surface area contributed by atoms with E-state index in [0.717, 1.165) is 24.7 Å². The zero-order valence-electron chi connectivity index (χ0n) is 8.19. The summed E-state index contributed by atoms with van der Waals surface area (Å²) in [6, 6.07) is 8.14. The second kappa shape index (κ2) is 3.72. The Hall–Kier alpha value is -0.670. The van der Waals surface area contributed by atoms with E-state index in [2.05, 4.69) is 22.0 Å². The van der Waals surface area contributed by atoms with Crippen LogP contribution < -0.4 is 0 Å². The predicted octanol–water partition coefficient (Wildman–Crippen LogP) is 2.80. The van der Waals surface area contributed by atoms with Crippen LogP contribution in [0.5, 0.6) is 0 Å². The Labute approximate surface area is 98.3 Å². The number of fused-ring (bicyclic) bond motifs is 1.